The van der Waals surface area contributed by atoms with Crippen molar-refractivity contribution in [2.24, 2.45) is 5.41 Å². The van der Waals surface area contributed by atoms with Gasteiger partial charge in [-0.2, -0.15) is 0 Å². The summed E-state index contributed by atoms with van der Waals surface area (Å²) in [4.78, 5) is 28.2. The first-order valence-electron chi connectivity index (χ1n) is 8.81. The van der Waals surface area contributed by atoms with Gasteiger partial charge in [-0.25, -0.2) is 18.0 Å². The summed E-state index contributed by atoms with van der Waals surface area (Å²) >= 11 is 5.73. The molecule has 0 spiro atoms. The molecule has 0 aromatic heterocycles. The van der Waals surface area contributed by atoms with E-state index in [2.05, 4.69) is 5.32 Å². The lowest BCUT2D eigenvalue weighted by molar-refractivity contribution is -0.149. The SMILES string of the molecule is CC1(C)CN(C(=O)Nc2ccc(F)c(Cl)c2)CN(Cc2ccc(F)cc2F)C1=O. The van der Waals surface area contributed by atoms with Gasteiger partial charge in [0.05, 0.1) is 23.7 Å². The fourth-order valence-corrected chi connectivity index (χ4v) is 3.36. The van der Waals surface area contributed by atoms with Gasteiger partial charge in [0, 0.05) is 23.9 Å². The van der Waals surface area contributed by atoms with Crippen molar-refractivity contribution in [3.8, 4) is 0 Å². The average molecular weight is 426 g/mol. The number of urea groups is 1. The van der Waals surface area contributed by atoms with Gasteiger partial charge in [-0.3, -0.25) is 4.79 Å². The highest BCUT2D eigenvalue weighted by atomic mass is 35.5. The maximum absolute atomic E-state index is 14.0. The first-order chi connectivity index (χ1) is 13.6. The number of carbonyl (C=O) groups is 2. The van der Waals surface area contributed by atoms with Gasteiger partial charge < -0.3 is 15.1 Å². The van der Waals surface area contributed by atoms with Crippen LogP contribution in [-0.2, 0) is 11.3 Å². The van der Waals surface area contributed by atoms with E-state index in [4.69, 9.17) is 11.6 Å². The van der Waals surface area contributed by atoms with Crippen molar-refractivity contribution >= 4 is 29.2 Å². The van der Waals surface area contributed by atoms with Crippen molar-refractivity contribution in [3.05, 3.63) is 64.4 Å². The molecule has 2 aromatic rings. The summed E-state index contributed by atoms with van der Waals surface area (Å²) in [5.41, 5.74) is -0.470. The molecule has 0 bridgehead atoms. The van der Waals surface area contributed by atoms with Crippen LogP contribution in [0.5, 0.6) is 0 Å². The second kappa shape index (κ2) is 7.94. The van der Waals surface area contributed by atoms with E-state index in [1.54, 1.807) is 13.8 Å². The summed E-state index contributed by atoms with van der Waals surface area (Å²) in [7, 11) is 0. The number of hydrogen-bond acceptors (Lipinski definition) is 2. The molecule has 1 N–H and O–H groups in total. The van der Waals surface area contributed by atoms with Gasteiger partial charge >= 0.3 is 6.03 Å². The topological polar surface area (TPSA) is 52.7 Å². The van der Waals surface area contributed by atoms with E-state index in [0.717, 1.165) is 18.2 Å². The molecular formula is C20H19ClF3N3O2. The van der Waals surface area contributed by atoms with E-state index < -0.39 is 28.9 Å². The monoisotopic (exact) mass is 425 g/mol. The molecular weight excluding hydrogens is 407 g/mol. The van der Waals surface area contributed by atoms with Crippen molar-refractivity contribution < 1.29 is 22.8 Å². The smallest absolute Gasteiger partial charge is 0.320 e. The minimum atomic E-state index is -0.910. The molecule has 0 radical (unpaired) electrons. The van der Waals surface area contributed by atoms with Gasteiger partial charge in [0.1, 0.15) is 17.5 Å². The molecule has 1 aliphatic heterocycles. The first kappa shape index (κ1) is 21.0. The van der Waals surface area contributed by atoms with Crippen molar-refractivity contribution in [2.45, 2.75) is 20.4 Å². The standard InChI is InChI=1S/C20H19ClF3N3O2/c1-20(2)10-27(19(29)25-14-5-6-16(23)15(21)8-14)11-26(18(20)28)9-12-3-4-13(22)7-17(12)24/h3-8H,9-11H2,1-2H3,(H,25,29). The van der Waals surface area contributed by atoms with Crippen LogP contribution in [0.2, 0.25) is 5.02 Å². The Morgan fingerprint density at radius 2 is 1.86 bits per heavy atom. The molecule has 5 nitrogen and oxygen atoms in total. The molecule has 3 rings (SSSR count). The molecule has 3 amide bonds. The maximum Gasteiger partial charge on any atom is 0.323 e. The average Bonchev–Trinajstić information content (AvgIpc) is 2.63. The van der Waals surface area contributed by atoms with E-state index in [0.29, 0.717) is 5.69 Å². The minimum Gasteiger partial charge on any atom is -0.320 e. The van der Waals surface area contributed by atoms with Crippen LogP contribution in [0.15, 0.2) is 36.4 Å². The van der Waals surface area contributed by atoms with E-state index in [-0.39, 0.29) is 36.3 Å². The summed E-state index contributed by atoms with van der Waals surface area (Å²) in [6.45, 7) is 3.30. The van der Waals surface area contributed by atoms with Gasteiger partial charge in [-0.05, 0) is 38.1 Å². The fraction of sp³-hybridized carbons (Fsp3) is 0.300. The minimum absolute atomic E-state index is 0.0835. The lowest BCUT2D eigenvalue weighted by Crippen LogP contribution is -2.59. The van der Waals surface area contributed by atoms with Gasteiger partial charge in [0.15, 0.2) is 0 Å². The fourth-order valence-electron chi connectivity index (χ4n) is 3.18. The quantitative estimate of drug-likeness (QED) is 0.780. The van der Waals surface area contributed by atoms with E-state index in [1.165, 1.54) is 28.0 Å². The Balaban J connectivity index is 1.78. The van der Waals surface area contributed by atoms with Gasteiger partial charge in [0.2, 0.25) is 5.91 Å². The van der Waals surface area contributed by atoms with Gasteiger partial charge in [0.25, 0.3) is 0 Å². The second-order valence-electron chi connectivity index (χ2n) is 7.52. The summed E-state index contributed by atoms with van der Waals surface area (Å²) < 4.78 is 40.5. The molecule has 0 saturated carbocycles. The largest absolute Gasteiger partial charge is 0.323 e. The van der Waals surface area contributed by atoms with E-state index in [9.17, 15) is 22.8 Å². The first-order valence-corrected chi connectivity index (χ1v) is 9.19. The molecule has 0 atom stereocenters. The summed E-state index contributed by atoms with van der Waals surface area (Å²) in [6.07, 6.45) is 0. The predicted octanol–water partition coefficient (Wildman–Crippen LogP) is 4.62. The van der Waals surface area contributed by atoms with Crippen molar-refractivity contribution in [1.29, 1.82) is 0 Å². The summed E-state index contributed by atoms with van der Waals surface area (Å²) in [5, 5.41) is 2.48. The third-order valence-electron chi connectivity index (χ3n) is 4.63. The number of hydrogen-bond donors (Lipinski definition) is 1. The molecule has 154 valence electrons. The van der Waals surface area contributed by atoms with Crippen LogP contribution in [0.4, 0.5) is 23.7 Å². The number of nitrogens with one attached hydrogen (secondary N) is 1. The zero-order valence-corrected chi connectivity index (χ0v) is 16.6. The summed E-state index contributed by atoms with van der Waals surface area (Å²) in [5.74, 6) is -2.34. The number of rotatable bonds is 3. The van der Waals surface area contributed by atoms with Crippen LogP contribution in [0.3, 0.4) is 0 Å². The molecule has 0 unspecified atom stereocenters. The van der Waals surface area contributed by atoms with Gasteiger partial charge in [-0.15, -0.1) is 0 Å². The van der Waals surface area contributed by atoms with Crippen LogP contribution in [0.25, 0.3) is 0 Å². The van der Waals surface area contributed by atoms with E-state index in [1.807, 2.05) is 0 Å². The molecule has 9 heteroatoms. The zero-order valence-electron chi connectivity index (χ0n) is 15.8. The Kier molecular flexibility index (Phi) is 5.75. The Hall–Kier alpha value is -2.74. The molecule has 29 heavy (non-hydrogen) atoms. The van der Waals surface area contributed by atoms with Crippen LogP contribution in [-0.4, -0.2) is 35.0 Å². The molecule has 1 heterocycles. The lowest BCUT2D eigenvalue weighted by Gasteiger charge is -2.43. The van der Waals surface area contributed by atoms with Crippen molar-refractivity contribution in [1.82, 2.24) is 9.80 Å². The third-order valence-corrected chi connectivity index (χ3v) is 4.92. The highest BCUT2D eigenvalue weighted by Crippen LogP contribution is 2.28. The van der Waals surface area contributed by atoms with Crippen LogP contribution < -0.4 is 5.32 Å². The number of benzene rings is 2. The molecule has 1 aliphatic rings. The zero-order chi connectivity index (χ0) is 21.3. The highest BCUT2D eigenvalue weighted by Gasteiger charge is 2.41. The second-order valence-corrected chi connectivity index (χ2v) is 7.93. The van der Waals surface area contributed by atoms with Crippen LogP contribution in [0.1, 0.15) is 19.4 Å². The number of anilines is 1. The van der Waals surface area contributed by atoms with Crippen molar-refractivity contribution in [3.63, 3.8) is 0 Å². The van der Waals surface area contributed by atoms with Crippen LogP contribution >= 0.6 is 11.6 Å². The number of halogens is 4. The highest BCUT2D eigenvalue weighted by molar-refractivity contribution is 6.31. The molecule has 2 aromatic carbocycles. The number of amides is 3. The Bertz CT molecular complexity index is 968. The Morgan fingerprint density at radius 3 is 2.52 bits per heavy atom. The van der Waals surface area contributed by atoms with Crippen LogP contribution in [0, 0.1) is 22.9 Å². The molecule has 1 fully saturated rings. The predicted molar refractivity (Wildman–Crippen MR) is 103 cm³/mol. The number of nitrogens with zero attached hydrogens (tertiary/aromatic N) is 2. The van der Waals surface area contributed by atoms with Crippen molar-refractivity contribution in [2.75, 3.05) is 18.5 Å². The normalized spacial score (nSPS) is 16.1. The number of carbonyl (C=O) groups excluding carboxylic acids is 2. The lowest BCUT2D eigenvalue weighted by atomic mass is 9.89. The Labute approximate surface area is 171 Å². The third kappa shape index (κ3) is 4.64. The molecule has 1 saturated heterocycles. The van der Waals surface area contributed by atoms with E-state index >= 15 is 0 Å². The summed E-state index contributed by atoms with van der Waals surface area (Å²) in [6, 6.07) is 6.39. The molecule has 0 aliphatic carbocycles. The maximum atomic E-state index is 14.0. The Morgan fingerprint density at radius 1 is 1.14 bits per heavy atom. The van der Waals surface area contributed by atoms with Gasteiger partial charge in [-0.1, -0.05) is 17.7 Å².